The number of carboxylic acids is 1. The molecule has 5 aromatic carbocycles. The number of para-hydroxylation sites is 2. The number of nitrogens with two attached hydrogens (primary N) is 1. The van der Waals surface area contributed by atoms with Gasteiger partial charge in [0.2, 0.25) is 5.91 Å². The Morgan fingerprint density at radius 1 is 0.617 bits per heavy atom. The van der Waals surface area contributed by atoms with Crippen LogP contribution in [0.3, 0.4) is 0 Å². The lowest BCUT2D eigenvalue weighted by molar-refractivity contribution is -0.139. The molecular formula is C38H34N4O5. The molecule has 0 fully saturated rings. The van der Waals surface area contributed by atoms with Crippen LogP contribution < -0.4 is 21.7 Å². The number of hydrogen-bond acceptors (Lipinski definition) is 5. The molecule has 0 heterocycles. The van der Waals surface area contributed by atoms with Gasteiger partial charge in [0.25, 0.3) is 11.8 Å². The van der Waals surface area contributed by atoms with Crippen LogP contribution in [0.2, 0.25) is 0 Å². The van der Waals surface area contributed by atoms with Crippen LogP contribution in [-0.4, -0.2) is 34.8 Å². The van der Waals surface area contributed by atoms with Gasteiger partial charge in [-0.05, 0) is 47.4 Å². The maximum Gasteiger partial charge on any atom is 0.326 e. The Balaban J connectivity index is 1.35. The molecule has 5 rings (SSSR count). The van der Waals surface area contributed by atoms with Crippen LogP contribution in [-0.2, 0) is 15.1 Å². The molecule has 0 spiro atoms. The van der Waals surface area contributed by atoms with E-state index < -0.39 is 35.3 Å². The molecule has 5 aromatic rings. The van der Waals surface area contributed by atoms with E-state index in [0.717, 1.165) is 16.7 Å². The third kappa shape index (κ3) is 7.37. The van der Waals surface area contributed by atoms with Crippen molar-refractivity contribution in [3.05, 3.63) is 167 Å². The third-order valence-electron chi connectivity index (χ3n) is 7.84. The Hall–Kier alpha value is -6.22. The van der Waals surface area contributed by atoms with Gasteiger partial charge in [0.1, 0.15) is 11.6 Å². The highest BCUT2D eigenvalue weighted by atomic mass is 16.4. The van der Waals surface area contributed by atoms with Gasteiger partial charge < -0.3 is 26.8 Å². The maximum absolute atomic E-state index is 13.7. The number of carbonyl (C=O) groups is 4. The zero-order valence-corrected chi connectivity index (χ0v) is 25.4. The van der Waals surface area contributed by atoms with E-state index in [1.807, 2.05) is 91.0 Å². The first-order chi connectivity index (χ1) is 22.8. The first-order valence-electron chi connectivity index (χ1n) is 15.1. The zero-order valence-electron chi connectivity index (χ0n) is 25.4. The number of benzene rings is 5. The van der Waals surface area contributed by atoms with Crippen LogP contribution in [0.1, 0.15) is 50.2 Å². The summed E-state index contributed by atoms with van der Waals surface area (Å²) in [6.45, 7) is 0. The van der Waals surface area contributed by atoms with Gasteiger partial charge in [-0.15, -0.1) is 0 Å². The van der Waals surface area contributed by atoms with Gasteiger partial charge in [-0.2, -0.15) is 0 Å². The summed E-state index contributed by atoms with van der Waals surface area (Å²) in [5, 5.41) is 18.4. The Morgan fingerprint density at radius 3 is 1.60 bits per heavy atom. The van der Waals surface area contributed by atoms with Gasteiger partial charge in [-0.25, -0.2) is 4.79 Å². The second kappa shape index (κ2) is 14.7. The van der Waals surface area contributed by atoms with Crippen molar-refractivity contribution in [2.75, 3.05) is 11.1 Å². The summed E-state index contributed by atoms with van der Waals surface area (Å²) in [7, 11) is 0. The van der Waals surface area contributed by atoms with Crippen LogP contribution in [0, 0.1) is 0 Å². The standard InChI is InChI=1S/C38H34N4O5/c39-31-22-12-10-20-29(31)35(44)40-32-23-13-11-21-30(32)36(45)41-33(37(46)47)24-25-34(43)42-38(26-14-4-1-5-15-26,27-16-6-2-7-17-27)28-18-8-3-9-19-28/h1-23,33H,24-25,39H2,(H,40,44)(H,41,45)(H,42,43)(H,46,47)/t33-/m0/s1. The predicted octanol–water partition coefficient (Wildman–Crippen LogP) is 5.59. The lowest BCUT2D eigenvalue weighted by Crippen LogP contribution is -2.48. The Bertz CT molecular complexity index is 1770. The fraction of sp³-hybridized carbons (Fsp3) is 0.105. The highest BCUT2D eigenvalue weighted by Crippen LogP contribution is 2.37. The largest absolute Gasteiger partial charge is 0.480 e. The van der Waals surface area contributed by atoms with Crippen molar-refractivity contribution >= 4 is 35.1 Å². The summed E-state index contributed by atoms with van der Waals surface area (Å²) in [5.74, 6) is -2.95. The molecular weight excluding hydrogens is 592 g/mol. The maximum atomic E-state index is 13.7. The summed E-state index contributed by atoms with van der Waals surface area (Å²) >= 11 is 0. The van der Waals surface area contributed by atoms with Crippen LogP contribution in [0.15, 0.2) is 140 Å². The molecule has 1 atom stereocenters. The fourth-order valence-corrected chi connectivity index (χ4v) is 5.50. The van der Waals surface area contributed by atoms with E-state index in [0.29, 0.717) is 0 Å². The van der Waals surface area contributed by atoms with Crippen molar-refractivity contribution in [1.29, 1.82) is 0 Å². The molecule has 0 saturated carbocycles. The first kappa shape index (κ1) is 32.2. The average Bonchev–Trinajstić information content (AvgIpc) is 3.10. The van der Waals surface area contributed by atoms with Crippen LogP contribution in [0.5, 0.6) is 0 Å². The Labute approximate surface area is 272 Å². The number of aliphatic carboxylic acids is 1. The topological polar surface area (TPSA) is 151 Å². The number of anilines is 2. The van der Waals surface area contributed by atoms with Crippen molar-refractivity contribution in [3.63, 3.8) is 0 Å². The second-order valence-electron chi connectivity index (χ2n) is 10.9. The molecule has 0 saturated heterocycles. The molecule has 0 aliphatic rings. The van der Waals surface area contributed by atoms with Crippen LogP contribution in [0.4, 0.5) is 11.4 Å². The molecule has 0 radical (unpaired) electrons. The number of nitrogens with one attached hydrogen (secondary N) is 3. The molecule has 0 aromatic heterocycles. The quantitative estimate of drug-likeness (QED) is 0.0900. The summed E-state index contributed by atoms with van der Waals surface area (Å²) in [6.07, 6.45) is -0.381. The van der Waals surface area contributed by atoms with E-state index in [1.54, 1.807) is 36.4 Å². The van der Waals surface area contributed by atoms with Gasteiger partial charge in [0.05, 0.1) is 16.8 Å². The summed E-state index contributed by atoms with van der Waals surface area (Å²) in [5.41, 5.74) is 8.07. The molecule has 0 unspecified atom stereocenters. The molecule has 3 amide bonds. The molecule has 0 bridgehead atoms. The van der Waals surface area contributed by atoms with E-state index >= 15 is 0 Å². The smallest absolute Gasteiger partial charge is 0.326 e. The van der Waals surface area contributed by atoms with Gasteiger partial charge in [0, 0.05) is 12.1 Å². The zero-order chi connectivity index (χ0) is 33.2. The minimum absolute atomic E-state index is 0.0577. The van der Waals surface area contributed by atoms with Crippen molar-refractivity contribution in [2.45, 2.75) is 24.4 Å². The Morgan fingerprint density at radius 2 is 1.09 bits per heavy atom. The van der Waals surface area contributed by atoms with Gasteiger partial charge in [-0.3, -0.25) is 14.4 Å². The predicted molar refractivity (Wildman–Crippen MR) is 181 cm³/mol. The number of rotatable bonds is 12. The number of hydrogen-bond donors (Lipinski definition) is 5. The normalized spacial score (nSPS) is 11.6. The molecule has 0 aliphatic carbocycles. The summed E-state index contributed by atoms with van der Waals surface area (Å²) in [4.78, 5) is 52.2. The molecule has 6 N–H and O–H groups in total. The fourth-order valence-electron chi connectivity index (χ4n) is 5.50. The second-order valence-corrected chi connectivity index (χ2v) is 10.9. The van der Waals surface area contributed by atoms with Crippen molar-refractivity contribution < 1.29 is 24.3 Å². The molecule has 236 valence electrons. The van der Waals surface area contributed by atoms with Crippen LogP contribution in [0.25, 0.3) is 0 Å². The van der Waals surface area contributed by atoms with Gasteiger partial charge >= 0.3 is 5.97 Å². The monoisotopic (exact) mass is 626 g/mol. The molecule has 9 nitrogen and oxygen atoms in total. The lowest BCUT2D eigenvalue weighted by atomic mass is 9.77. The third-order valence-corrected chi connectivity index (χ3v) is 7.84. The highest BCUT2D eigenvalue weighted by molar-refractivity contribution is 6.11. The van der Waals surface area contributed by atoms with Gasteiger partial charge in [0.15, 0.2) is 0 Å². The first-order valence-corrected chi connectivity index (χ1v) is 15.1. The molecule has 0 aliphatic heterocycles. The van der Waals surface area contributed by atoms with E-state index in [2.05, 4.69) is 16.0 Å². The number of carboxylic acid groups (broad SMARTS) is 1. The summed E-state index contributed by atoms with van der Waals surface area (Å²) in [6, 6.07) is 40.0. The minimum Gasteiger partial charge on any atom is -0.480 e. The lowest BCUT2D eigenvalue weighted by Gasteiger charge is -2.37. The molecule has 9 heteroatoms. The van der Waals surface area contributed by atoms with Gasteiger partial charge in [-0.1, -0.05) is 115 Å². The average molecular weight is 627 g/mol. The summed E-state index contributed by atoms with van der Waals surface area (Å²) < 4.78 is 0. The van der Waals surface area contributed by atoms with Crippen LogP contribution >= 0.6 is 0 Å². The van der Waals surface area contributed by atoms with Crippen molar-refractivity contribution in [1.82, 2.24) is 10.6 Å². The van der Waals surface area contributed by atoms with Crippen molar-refractivity contribution in [3.8, 4) is 0 Å². The van der Waals surface area contributed by atoms with E-state index in [-0.39, 0.29) is 35.3 Å². The molecule has 47 heavy (non-hydrogen) atoms. The van der Waals surface area contributed by atoms with E-state index in [1.165, 1.54) is 12.1 Å². The minimum atomic E-state index is -1.39. The number of carbonyl (C=O) groups excluding carboxylic acids is 3. The number of nitrogen functional groups attached to an aromatic ring is 1. The van der Waals surface area contributed by atoms with E-state index in [9.17, 15) is 24.3 Å². The highest BCUT2D eigenvalue weighted by Gasteiger charge is 2.38. The Kier molecular flexibility index (Phi) is 10.1. The number of amides is 3. The SMILES string of the molecule is Nc1ccccc1C(=O)Nc1ccccc1C(=O)N[C@@H](CCC(=O)NC(c1ccccc1)(c1ccccc1)c1ccccc1)C(=O)O. The van der Waals surface area contributed by atoms with E-state index in [4.69, 9.17) is 5.73 Å². The van der Waals surface area contributed by atoms with Crippen molar-refractivity contribution in [2.24, 2.45) is 0 Å².